The molecule has 0 heterocycles. The standard InChI is InChI=1S/C12H18O/c1-4-12-8-11(7-10(3)13)6-5-9(12)2/h5-6,8,10,13H,4,7H2,1-3H3/t10-/m0/s1. The molecule has 0 aliphatic heterocycles. The molecular formula is C12H18O. The van der Waals surface area contributed by atoms with Crippen LogP contribution in [0.5, 0.6) is 0 Å². The van der Waals surface area contributed by atoms with E-state index in [1.165, 1.54) is 16.7 Å². The van der Waals surface area contributed by atoms with Crippen LogP contribution in [0.1, 0.15) is 30.5 Å². The highest BCUT2D eigenvalue weighted by Crippen LogP contribution is 2.13. The lowest BCUT2D eigenvalue weighted by atomic mass is 10.0. The van der Waals surface area contributed by atoms with Crippen LogP contribution in [-0.4, -0.2) is 11.2 Å². The largest absolute Gasteiger partial charge is 0.393 e. The molecule has 0 fully saturated rings. The van der Waals surface area contributed by atoms with Gasteiger partial charge in [0, 0.05) is 0 Å². The van der Waals surface area contributed by atoms with E-state index in [4.69, 9.17) is 0 Å². The maximum absolute atomic E-state index is 9.24. The molecular weight excluding hydrogens is 160 g/mol. The molecule has 1 rings (SSSR count). The third kappa shape index (κ3) is 2.85. The molecule has 1 aromatic rings. The van der Waals surface area contributed by atoms with Crippen molar-refractivity contribution in [2.24, 2.45) is 0 Å². The lowest BCUT2D eigenvalue weighted by Gasteiger charge is -2.08. The molecule has 0 aromatic heterocycles. The van der Waals surface area contributed by atoms with Gasteiger partial charge in [-0.05, 0) is 43.4 Å². The Hall–Kier alpha value is -0.820. The summed E-state index contributed by atoms with van der Waals surface area (Å²) in [6.07, 6.45) is 1.58. The number of aliphatic hydroxyl groups is 1. The number of hydrogen-bond donors (Lipinski definition) is 1. The van der Waals surface area contributed by atoms with Crippen molar-refractivity contribution in [3.63, 3.8) is 0 Å². The topological polar surface area (TPSA) is 20.2 Å². The lowest BCUT2D eigenvalue weighted by molar-refractivity contribution is 0.195. The normalized spacial score (nSPS) is 12.9. The van der Waals surface area contributed by atoms with E-state index in [9.17, 15) is 5.11 Å². The fourth-order valence-corrected chi connectivity index (χ4v) is 1.57. The molecule has 0 saturated heterocycles. The number of rotatable bonds is 3. The first kappa shape index (κ1) is 10.3. The molecule has 13 heavy (non-hydrogen) atoms. The Morgan fingerprint density at radius 3 is 2.62 bits per heavy atom. The van der Waals surface area contributed by atoms with Crippen LogP contribution in [0.3, 0.4) is 0 Å². The quantitative estimate of drug-likeness (QED) is 0.754. The fraction of sp³-hybridized carbons (Fsp3) is 0.500. The molecule has 1 N–H and O–H groups in total. The highest BCUT2D eigenvalue weighted by atomic mass is 16.3. The van der Waals surface area contributed by atoms with E-state index in [-0.39, 0.29) is 6.10 Å². The van der Waals surface area contributed by atoms with Gasteiger partial charge in [-0.25, -0.2) is 0 Å². The fourth-order valence-electron chi connectivity index (χ4n) is 1.57. The van der Waals surface area contributed by atoms with Crippen LogP contribution >= 0.6 is 0 Å². The van der Waals surface area contributed by atoms with Crippen molar-refractivity contribution in [3.05, 3.63) is 34.9 Å². The zero-order valence-electron chi connectivity index (χ0n) is 8.67. The van der Waals surface area contributed by atoms with Gasteiger partial charge in [0.05, 0.1) is 6.10 Å². The van der Waals surface area contributed by atoms with Crippen molar-refractivity contribution >= 4 is 0 Å². The van der Waals surface area contributed by atoms with Gasteiger partial charge < -0.3 is 5.11 Å². The minimum Gasteiger partial charge on any atom is -0.393 e. The maximum atomic E-state index is 9.24. The summed E-state index contributed by atoms with van der Waals surface area (Å²) >= 11 is 0. The summed E-state index contributed by atoms with van der Waals surface area (Å²) in [6.45, 7) is 6.12. The summed E-state index contributed by atoms with van der Waals surface area (Å²) < 4.78 is 0. The predicted molar refractivity (Wildman–Crippen MR) is 55.9 cm³/mol. The minimum atomic E-state index is -0.243. The van der Waals surface area contributed by atoms with Gasteiger partial charge >= 0.3 is 0 Å². The first-order valence-corrected chi connectivity index (χ1v) is 4.90. The van der Waals surface area contributed by atoms with Crippen LogP contribution in [0.15, 0.2) is 18.2 Å². The van der Waals surface area contributed by atoms with Gasteiger partial charge in [-0.2, -0.15) is 0 Å². The molecule has 0 saturated carbocycles. The Balaban J connectivity index is 2.86. The Morgan fingerprint density at radius 2 is 2.08 bits per heavy atom. The Morgan fingerprint density at radius 1 is 1.38 bits per heavy atom. The summed E-state index contributed by atoms with van der Waals surface area (Å²) in [5.41, 5.74) is 3.97. The number of aryl methyl sites for hydroxylation is 2. The second-order valence-electron chi connectivity index (χ2n) is 3.67. The van der Waals surface area contributed by atoms with Crippen LogP contribution in [-0.2, 0) is 12.8 Å². The van der Waals surface area contributed by atoms with Gasteiger partial charge in [0.25, 0.3) is 0 Å². The third-order valence-corrected chi connectivity index (χ3v) is 2.33. The Kier molecular flexibility index (Phi) is 3.49. The molecule has 0 bridgehead atoms. The predicted octanol–water partition coefficient (Wildman–Crippen LogP) is 2.48. The summed E-state index contributed by atoms with van der Waals surface area (Å²) in [7, 11) is 0. The zero-order chi connectivity index (χ0) is 9.84. The van der Waals surface area contributed by atoms with Gasteiger partial charge in [-0.1, -0.05) is 25.1 Å². The second kappa shape index (κ2) is 4.43. The van der Waals surface area contributed by atoms with E-state index in [1.807, 2.05) is 6.92 Å². The van der Waals surface area contributed by atoms with Crippen LogP contribution in [0.25, 0.3) is 0 Å². The molecule has 0 amide bonds. The number of aliphatic hydroxyl groups excluding tert-OH is 1. The summed E-state index contributed by atoms with van der Waals surface area (Å²) in [5, 5.41) is 9.24. The summed E-state index contributed by atoms with van der Waals surface area (Å²) in [5.74, 6) is 0. The molecule has 0 aliphatic carbocycles. The average molecular weight is 178 g/mol. The molecule has 0 radical (unpaired) electrons. The van der Waals surface area contributed by atoms with E-state index in [0.29, 0.717) is 0 Å². The number of benzene rings is 1. The van der Waals surface area contributed by atoms with E-state index < -0.39 is 0 Å². The first-order chi connectivity index (χ1) is 6.13. The van der Waals surface area contributed by atoms with Crippen LogP contribution in [0.4, 0.5) is 0 Å². The van der Waals surface area contributed by atoms with Gasteiger partial charge in [0.1, 0.15) is 0 Å². The smallest absolute Gasteiger partial charge is 0.0552 e. The average Bonchev–Trinajstić information content (AvgIpc) is 2.07. The van der Waals surface area contributed by atoms with E-state index in [1.54, 1.807) is 0 Å². The van der Waals surface area contributed by atoms with Gasteiger partial charge in [-0.3, -0.25) is 0 Å². The van der Waals surface area contributed by atoms with Crippen LogP contribution in [0, 0.1) is 6.92 Å². The SMILES string of the molecule is CCc1cc(C[C@H](C)O)ccc1C. The first-order valence-electron chi connectivity index (χ1n) is 4.90. The van der Waals surface area contributed by atoms with Gasteiger partial charge in [-0.15, -0.1) is 0 Å². The second-order valence-corrected chi connectivity index (χ2v) is 3.67. The van der Waals surface area contributed by atoms with Crippen LogP contribution < -0.4 is 0 Å². The molecule has 1 nitrogen and oxygen atoms in total. The van der Waals surface area contributed by atoms with Crippen molar-refractivity contribution in [3.8, 4) is 0 Å². The third-order valence-electron chi connectivity index (χ3n) is 2.33. The number of hydrogen-bond acceptors (Lipinski definition) is 1. The zero-order valence-corrected chi connectivity index (χ0v) is 8.67. The monoisotopic (exact) mass is 178 g/mol. The van der Waals surface area contributed by atoms with E-state index in [0.717, 1.165) is 12.8 Å². The Bertz CT molecular complexity index is 276. The molecule has 72 valence electrons. The summed E-state index contributed by atoms with van der Waals surface area (Å²) in [6, 6.07) is 6.43. The van der Waals surface area contributed by atoms with Gasteiger partial charge in [0.2, 0.25) is 0 Å². The molecule has 0 aliphatic rings. The van der Waals surface area contributed by atoms with Crippen molar-refractivity contribution in [2.75, 3.05) is 0 Å². The van der Waals surface area contributed by atoms with Crippen molar-refractivity contribution < 1.29 is 5.11 Å². The van der Waals surface area contributed by atoms with Crippen LogP contribution in [0.2, 0.25) is 0 Å². The van der Waals surface area contributed by atoms with Crippen molar-refractivity contribution in [1.82, 2.24) is 0 Å². The molecule has 1 atom stereocenters. The minimum absolute atomic E-state index is 0.243. The molecule has 1 aromatic carbocycles. The maximum Gasteiger partial charge on any atom is 0.0552 e. The molecule has 0 unspecified atom stereocenters. The van der Waals surface area contributed by atoms with E-state index >= 15 is 0 Å². The lowest BCUT2D eigenvalue weighted by Crippen LogP contribution is -2.04. The Labute approximate surface area is 80.4 Å². The summed E-state index contributed by atoms with van der Waals surface area (Å²) in [4.78, 5) is 0. The van der Waals surface area contributed by atoms with Crippen molar-refractivity contribution in [1.29, 1.82) is 0 Å². The van der Waals surface area contributed by atoms with E-state index in [2.05, 4.69) is 32.0 Å². The van der Waals surface area contributed by atoms with Gasteiger partial charge in [0.15, 0.2) is 0 Å². The highest BCUT2D eigenvalue weighted by Gasteiger charge is 2.01. The highest BCUT2D eigenvalue weighted by molar-refractivity contribution is 5.31. The molecule has 1 heteroatoms. The van der Waals surface area contributed by atoms with Crippen molar-refractivity contribution in [2.45, 2.75) is 39.7 Å². The molecule has 0 spiro atoms.